The Balaban J connectivity index is 1.43. The van der Waals surface area contributed by atoms with Crippen LogP contribution in [0, 0.1) is 18.8 Å². The maximum absolute atomic E-state index is 12.9. The molecule has 2 aromatic heterocycles. The Morgan fingerprint density at radius 3 is 2.74 bits per heavy atom. The molecule has 2 aromatic rings. The van der Waals surface area contributed by atoms with Crippen molar-refractivity contribution in [3.8, 4) is 11.4 Å². The molecule has 1 amide bonds. The fourth-order valence-corrected chi connectivity index (χ4v) is 4.22. The molecule has 0 radical (unpaired) electrons. The molecule has 2 fully saturated rings. The number of aryl methyl sites for hydroxylation is 1. The van der Waals surface area contributed by atoms with E-state index in [0.717, 1.165) is 56.8 Å². The van der Waals surface area contributed by atoms with Crippen molar-refractivity contribution in [3.63, 3.8) is 0 Å². The van der Waals surface area contributed by atoms with Crippen LogP contribution in [-0.4, -0.2) is 52.1 Å². The van der Waals surface area contributed by atoms with Crippen LogP contribution in [0.25, 0.3) is 11.4 Å². The number of aromatic nitrogens is 3. The van der Waals surface area contributed by atoms with E-state index in [4.69, 9.17) is 4.52 Å². The second kappa shape index (κ2) is 7.66. The summed E-state index contributed by atoms with van der Waals surface area (Å²) >= 11 is 0. The number of carbonyl (C=O) groups is 1. The Morgan fingerprint density at radius 1 is 1.22 bits per heavy atom. The maximum Gasteiger partial charge on any atom is 0.225 e. The molecule has 27 heavy (non-hydrogen) atoms. The number of hydrogen-bond donors (Lipinski definition) is 0. The van der Waals surface area contributed by atoms with Crippen molar-refractivity contribution in [2.45, 2.75) is 39.5 Å². The van der Waals surface area contributed by atoms with Gasteiger partial charge in [-0.3, -0.25) is 4.79 Å². The van der Waals surface area contributed by atoms with Crippen LogP contribution >= 0.6 is 0 Å². The van der Waals surface area contributed by atoms with Crippen molar-refractivity contribution in [2.24, 2.45) is 11.8 Å². The fraction of sp³-hybridized carbons (Fsp3) is 0.600. The summed E-state index contributed by atoms with van der Waals surface area (Å²) in [6.07, 6.45) is 5.89. The van der Waals surface area contributed by atoms with Crippen molar-refractivity contribution >= 4 is 11.7 Å². The minimum atomic E-state index is 0.131. The molecule has 4 rings (SSSR count). The lowest BCUT2D eigenvalue weighted by Gasteiger charge is -2.37. The van der Waals surface area contributed by atoms with Gasteiger partial charge in [-0.2, -0.15) is 4.98 Å². The van der Waals surface area contributed by atoms with E-state index in [2.05, 4.69) is 31.8 Å². The molecule has 0 aliphatic carbocycles. The van der Waals surface area contributed by atoms with Gasteiger partial charge in [0.05, 0.1) is 5.56 Å². The van der Waals surface area contributed by atoms with Gasteiger partial charge in [-0.05, 0) is 43.7 Å². The molecule has 1 atom stereocenters. The van der Waals surface area contributed by atoms with Gasteiger partial charge >= 0.3 is 0 Å². The van der Waals surface area contributed by atoms with E-state index >= 15 is 0 Å². The van der Waals surface area contributed by atoms with Gasteiger partial charge in [0.1, 0.15) is 5.82 Å². The second-order valence-electron chi connectivity index (χ2n) is 7.80. The minimum Gasteiger partial charge on any atom is -0.356 e. The highest BCUT2D eigenvalue weighted by atomic mass is 16.5. The zero-order valence-electron chi connectivity index (χ0n) is 16.1. The molecule has 0 bridgehead atoms. The molecule has 0 saturated carbocycles. The second-order valence-corrected chi connectivity index (χ2v) is 7.80. The Morgan fingerprint density at radius 2 is 2.04 bits per heavy atom. The quantitative estimate of drug-likeness (QED) is 0.828. The first-order chi connectivity index (χ1) is 13.1. The van der Waals surface area contributed by atoms with E-state index < -0.39 is 0 Å². The monoisotopic (exact) mass is 369 g/mol. The van der Waals surface area contributed by atoms with Crippen LogP contribution in [0.15, 0.2) is 22.9 Å². The molecule has 2 aliphatic heterocycles. The molecular formula is C20H27N5O2. The van der Waals surface area contributed by atoms with Crippen LogP contribution < -0.4 is 4.90 Å². The van der Waals surface area contributed by atoms with Crippen molar-refractivity contribution in [3.05, 3.63) is 24.2 Å². The number of rotatable bonds is 3. The summed E-state index contributed by atoms with van der Waals surface area (Å²) in [5.41, 5.74) is 0.879. The largest absolute Gasteiger partial charge is 0.356 e. The average molecular weight is 369 g/mol. The molecule has 4 heterocycles. The average Bonchev–Trinajstić information content (AvgIpc) is 3.14. The summed E-state index contributed by atoms with van der Waals surface area (Å²) in [4.78, 5) is 26.1. The third-order valence-corrected chi connectivity index (χ3v) is 5.67. The van der Waals surface area contributed by atoms with Crippen LogP contribution in [0.4, 0.5) is 5.82 Å². The summed E-state index contributed by atoms with van der Waals surface area (Å²) in [6, 6.07) is 3.86. The predicted octanol–water partition coefficient (Wildman–Crippen LogP) is 2.91. The summed E-state index contributed by atoms with van der Waals surface area (Å²) in [5, 5.41) is 4.04. The number of carbonyl (C=O) groups excluding carboxylic acids is 1. The number of piperidine rings is 2. The molecule has 144 valence electrons. The Hall–Kier alpha value is -2.44. The molecule has 0 N–H and O–H groups in total. The maximum atomic E-state index is 12.9. The van der Waals surface area contributed by atoms with Crippen molar-refractivity contribution in [2.75, 3.05) is 31.1 Å². The number of anilines is 1. The van der Waals surface area contributed by atoms with Crippen LogP contribution in [0.1, 0.15) is 38.5 Å². The summed E-state index contributed by atoms with van der Waals surface area (Å²) in [6.45, 7) is 7.50. The summed E-state index contributed by atoms with van der Waals surface area (Å²) in [5.74, 6) is 3.08. The molecule has 7 nitrogen and oxygen atoms in total. The van der Waals surface area contributed by atoms with E-state index in [1.54, 1.807) is 13.1 Å². The summed E-state index contributed by atoms with van der Waals surface area (Å²) < 4.78 is 5.13. The molecule has 0 aromatic carbocycles. The zero-order valence-corrected chi connectivity index (χ0v) is 16.1. The molecule has 1 unspecified atom stereocenters. The van der Waals surface area contributed by atoms with Gasteiger partial charge in [0.2, 0.25) is 17.6 Å². The van der Waals surface area contributed by atoms with E-state index in [1.165, 1.54) is 6.42 Å². The van der Waals surface area contributed by atoms with Crippen LogP contribution in [0.5, 0.6) is 0 Å². The molecular weight excluding hydrogens is 342 g/mol. The van der Waals surface area contributed by atoms with Gasteiger partial charge in [0.15, 0.2) is 0 Å². The van der Waals surface area contributed by atoms with Gasteiger partial charge in [0.25, 0.3) is 0 Å². The van der Waals surface area contributed by atoms with E-state index in [1.807, 2.05) is 12.1 Å². The Labute approximate surface area is 159 Å². The Bertz CT molecular complexity index is 797. The third kappa shape index (κ3) is 3.82. The lowest BCUT2D eigenvalue weighted by molar-refractivity contribution is -0.137. The number of pyridine rings is 1. The van der Waals surface area contributed by atoms with Gasteiger partial charge in [-0.1, -0.05) is 12.1 Å². The minimum absolute atomic E-state index is 0.131. The summed E-state index contributed by atoms with van der Waals surface area (Å²) in [7, 11) is 0. The first-order valence-electron chi connectivity index (χ1n) is 9.91. The smallest absolute Gasteiger partial charge is 0.225 e. The third-order valence-electron chi connectivity index (χ3n) is 5.67. The lowest BCUT2D eigenvalue weighted by Crippen LogP contribution is -2.46. The van der Waals surface area contributed by atoms with Gasteiger partial charge in [0, 0.05) is 45.2 Å². The van der Waals surface area contributed by atoms with Crippen LogP contribution in [0.2, 0.25) is 0 Å². The fourth-order valence-electron chi connectivity index (χ4n) is 4.22. The van der Waals surface area contributed by atoms with Crippen LogP contribution in [0.3, 0.4) is 0 Å². The molecule has 0 spiro atoms. The first-order valence-corrected chi connectivity index (χ1v) is 9.91. The van der Waals surface area contributed by atoms with Crippen molar-refractivity contribution in [1.82, 2.24) is 20.0 Å². The lowest BCUT2D eigenvalue weighted by atomic mass is 9.92. The van der Waals surface area contributed by atoms with Gasteiger partial charge in [-0.25, -0.2) is 4.98 Å². The topological polar surface area (TPSA) is 75.4 Å². The molecule has 2 saturated heterocycles. The van der Waals surface area contributed by atoms with E-state index in [-0.39, 0.29) is 5.92 Å². The number of amides is 1. The SMILES string of the molecule is Cc1nc(-c2cccnc2N2CCC(C(=O)N3CCCC(C)C3)CC2)no1. The standard InChI is InChI=1S/C20H27N5O2/c1-14-5-4-10-25(13-14)20(26)16-7-11-24(12-8-16)19-17(6-3-9-21-19)18-22-15(2)27-23-18/h3,6,9,14,16H,4-5,7-8,10-13H2,1-2H3. The highest BCUT2D eigenvalue weighted by Gasteiger charge is 2.31. The van der Waals surface area contributed by atoms with E-state index in [9.17, 15) is 4.79 Å². The van der Waals surface area contributed by atoms with Crippen molar-refractivity contribution < 1.29 is 9.32 Å². The van der Waals surface area contributed by atoms with Gasteiger partial charge in [-0.15, -0.1) is 0 Å². The molecule has 7 heteroatoms. The number of likely N-dealkylation sites (tertiary alicyclic amines) is 1. The zero-order chi connectivity index (χ0) is 18.8. The predicted molar refractivity (Wildman–Crippen MR) is 102 cm³/mol. The van der Waals surface area contributed by atoms with Crippen LogP contribution in [-0.2, 0) is 4.79 Å². The van der Waals surface area contributed by atoms with Crippen molar-refractivity contribution in [1.29, 1.82) is 0 Å². The molecule has 2 aliphatic rings. The normalized spacial score (nSPS) is 21.5. The number of nitrogens with zero attached hydrogens (tertiary/aromatic N) is 5. The Kier molecular flexibility index (Phi) is 5.09. The van der Waals surface area contributed by atoms with Gasteiger partial charge < -0.3 is 14.3 Å². The number of hydrogen-bond acceptors (Lipinski definition) is 6. The highest BCUT2D eigenvalue weighted by molar-refractivity contribution is 5.79. The van der Waals surface area contributed by atoms with E-state index in [0.29, 0.717) is 23.5 Å². The first kappa shape index (κ1) is 17.9. The highest BCUT2D eigenvalue weighted by Crippen LogP contribution is 2.31.